The zero-order valence-corrected chi connectivity index (χ0v) is 11.3. The molecule has 2 amide bonds. The average Bonchev–Trinajstić information content (AvgIpc) is 2.69. The Labute approximate surface area is 111 Å². The first-order valence-electron chi connectivity index (χ1n) is 6.34. The highest BCUT2D eigenvalue weighted by molar-refractivity contribution is 5.90. The summed E-state index contributed by atoms with van der Waals surface area (Å²) in [6, 6.07) is -0.483. The monoisotopic (exact) mass is 266 g/mol. The molecule has 1 aromatic rings. The van der Waals surface area contributed by atoms with Crippen LogP contribution in [-0.2, 0) is 16.1 Å². The molecule has 1 aliphatic rings. The summed E-state index contributed by atoms with van der Waals surface area (Å²) in [6.07, 6.45) is 0.297. The van der Waals surface area contributed by atoms with Crippen molar-refractivity contribution in [3.63, 3.8) is 0 Å². The SMILES string of the molecule is Cc1nc(CN2CCC(=O)NC(C(C)C)C2=O)no1. The van der Waals surface area contributed by atoms with E-state index in [-0.39, 0.29) is 24.3 Å². The highest BCUT2D eigenvalue weighted by Gasteiger charge is 2.32. The van der Waals surface area contributed by atoms with Gasteiger partial charge in [0.2, 0.25) is 17.7 Å². The number of nitrogens with one attached hydrogen (secondary N) is 1. The van der Waals surface area contributed by atoms with Crippen molar-refractivity contribution >= 4 is 11.8 Å². The minimum atomic E-state index is -0.483. The third kappa shape index (κ3) is 3.10. The second-order valence-electron chi connectivity index (χ2n) is 5.03. The smallest absolute Gasteiger partial charge is 0.245 e. The molecule has 2 rings (SSSR count). The molecule has 7 heteroatoms. The van der Waals surface area contributed by atoms with Gasteiger partial charge in [0, 0.05) is 19.9 Å². The maximum Gasteiger partial charge on any atom is 0.245 e. The summed E-state index contributed by atoms with van der Waals surface area (Å²) >= 11 is 0. The maximum atomic E-state index is 12.4. The average molecular weight is 266 g/mol. The first kappa shape index (κ1) is 13.5. The van der Waals surface area contributed by atoms with Crippen LogP contribution in [0.5, 0.6) is 0 Å². The first-order chi connectivity index (χ1) is 8.97. The van der Waals surface area contributed by atoms with Gasteiger partial charge in [-0.1, -0.05) is 19.0 Å². The molecule has 1 aliphatic heterocycles. The van der Waals surface area contributed by atoms with E-state index in [1.165, 1.54) is 0 Å². The van der Waals surface area contributed by atoms with Crippen LogP contribution in [0.4, 0.5) is 0 Å². The van der Waals surface area contributed by atoms with Crippen LogP contribution < -0.4 is 5.32 Å². The Bertz CT molecular complexity index is 483. The van der Waals surface area contributed by atoms with Gasteiger partial charge in [0.1, 0.15) is 6.04 Å². The molecule has 19 heavy (non-hydrogen) atoms. The van der Waals surface area contributed by atoms with Crippen LogP contribution in [0.2, 0.25) is 0 Å². The Morgan fingerprint density at radius 2 is 2.21 bits per heavy atom. The molecule has 0 saturated carbocycles. The molecule has 1 atom stereocenters. The molecular weight excluding hydrogens is 248 g/mol. The second kappa shape index (κ2) is 5.38. The number of amides is 2. The van der Waals surface area contributed by atoms with E-state index in [0.717, 1.165) is 0 Å². The third-order valence-corrected chi connectivity index (χ3v) is 3.07. The predicted molar refractivity (Wildman–Crippen MR) is 65.8 cm³/mol. The Kier molecular flexibility index (Phi) is 3.82. The van der Waals surface area contributed by atoms with Crippen molar-refractivity contribution in [2.75, 3.05) is 6.54 Å². The molecule has 1 aromatic heterocycles. The van der Waals surface area contributed by atoms with Gasteiger partial charge in [0.05, 0.1) is 6.54 Å². The summed E-state index contributed by atoms with van der Waals surface area (Å²) in [4.78, 5) is 29.7. The molecule has 7 nitrogen and oxygen atoms in total. The van der Waals surface area contributed by atoms with Crippen molar-refractivity contribution in [1.29, 1.82) is 0 Å². The Morgan fingerprint density at radius 1 is 1.47 bits per heavy atom. The van der Waals surface area contributed by atoms with Gasteiger partial charge < -0.3 is 14.7 Å². The Morgan fingerprint density at radius 3 is 2.79 bits per heavy atom. The first-order valence-corrected chi connectivity index (χ1v) is 6.34. The fourth-order valence-corrected chi connectivity index (χ4v) is 2.04. The van der Waals surface area contributed by atoms with Crippen molar-refractivity contribution in [2.45, 2.75) is 39.8 Å². The van der Waals surface area contributed by atoms with Gasteiger partial charge >= 0.3 is 0 Å². The molecule has 0 aromatic carbocycles. The number of nitrogens with zero attached hydrogens (tertiary/aromatic N) is 3. The number of carbonyl (C=O) groups is 2. The highest BCUT2D eigenvalue weighted by atomic mass is 16.5. The zero-order valence-electron chi connectivity index (χ0n) is 11.3. The van der Waals surface area contributed by atoms with E-state index in [1.54, 1.807) is 11.8 Å². The fourth-order valence-electron chi connectivity index (χ4n) is 2.04. The van der Waals surface area contributed by atoms with Gasteiger partial charge in [0.25, 0.3) is 0 Å². The van der Waals surface area contributed by atoms with E-state index >= 15 is 0 Å². The van der Waals surface area contributed by atoms with E-state index in [1.807, 2.05) is 13.8 Å². The minimum Gasteiger partial charge on any atom is -0.344 e. The Hall–Kier alpha value is -1.92. The number of aryl methyl sites for hydroxylation is 1. The maximum absolute atomic E-state index is 12.4. The predicted octanol–water partition coefficient (Wildman–Crippen LogP) is 0.251. The van der Waals surface area contributed by atoms with Crippen LogP contribution in [0.3, 0.4) is 0 Å². The van der Waals surface area contributed by atoms with Crippen LogP contribution in [-0.4, -0.2) is 39.4 Å². The van der Waals surface area contributed by atoms with Crippen molar-refractivity contribution < 1.29 is 14.1 Å². The summed E-state index contributed by atoms with van der Waals surface area (Å²) in [5, 5.41) is 6.53. The number of carbonyl (C=O) groups excluding carboxylic acids is 2. The van der Waals surface area contributed by atoms with Crippen molar-refractivity contribution in [1.82, 2.24) is 20.4 Å². The molecule has 104 valence electrons. The third-order valence-electron chi connectivity index (χ3n) is 3.07. The Balaban J connectivity index is 2.14. The lowest BCUT2D eigenvalue weighted by Gasteiger charge is -2.24. The van der Waals surface area contributed by atoms with Gasteiger partial charge in [-0.3, -0.25) is 9.59 Å². The molecule has 0 aliphatic carbocycles. The summed E-state index contributed by atoms with van der Waals surface area (Å²) < 4.78 is 4.89. The zero-order chi connectivity index (χ0) is 14.0. The minimum absolute atomic E-state index is 0.0454. The topological polar surface area (TPSA) is 88.3 Å². The number of hydrogen-bond donors (Lipinski definition) is 1. The van der Waals surface area contributed by atoms with Crippen LogP contribution in [0.25, 0.3) is 0 Å². The molecule has 1 fully saturated rings. The highest BCUT2D eigenvalue weighted by Crippen LogP contribution is 2.13. The molecule has 2 heterocycles. The number of hydrogen-bond acceptors (Lipinski definition) is 5. The second-order valence-corrected chi connectivity index (χ2v) is 5.03. The van der Waals surface area contributed by atoms with Gasteiger partial charge in [-0.2, -0.15) is 4.98 Å². The van der Waals surface area contributed by atoms with Crippen LogP contribution in [0.1, 0.15) is 32.0 Å². The molecular formula is C12H18N4O3. The summed E-state index contributed by atoms with van der Waals surface area (Å²) in [5.41, 5.74) is 0. The lowest BCUT2D eigenvalue weighted by Crippen LogP contribution is -2.47. The van der Waals surface area contributed by atoms with Gasteiger partial charge in [-0.25, -0.2) is 0 Å². The van der Waals surface area contributed by atoms with Crippen LogP contribution in [0, 0.1) is 12.8 Å². The lowest BCUT2D eigenvalue weighted by molar-refractivity contribution is -0.135. The molecule has 1 saturated heterocycles. The molecule has 1 unspecified atom stereocenters. The van der Waals surface area contributed by atoms with E-state index < -0.39 is 6.04 Å². The van der Waals surface area contributed by atoms with Gasteiger partial charge in [-0.15, -0.1) is 0 Å². The van der Waals surface area contributed by atoms with E-state index in [0.29, 0.717) is 24.7 Å². The van der Waals surface area contributed by atoms with Crippen molar-refractivity contribution in [3.05, 3.63) is 11.7 Å². The quantitative estimate of drug-likeness (QED) is 0.847. The van der Waals surface area contributed by atoms with Crippen LogP contribution >= 0.6 is 0 Å². The molecule has 0 bridgehead atoms. The molecule has 0 spiro atoms. The van der Waals surface area contributed by atoms with Crippen molar-refractivity contribution in [2.24, 2.45) is 5.92 Å². The van der Waals surface area contributed by atoms with Gasteiger partial charge in [0.15, 0.2) is 5.82 Å². The van der Waals surface area contributed by atoms with E-state index in [4.69, 9.17) is 4.52 Å². The number of rotatable bonds is 3. The normalized spacial score (nSPS) is 20.6. The fraction of sp³-hybridized carbons (Fsp3) is 0.667. The molecule has 0 radical (unpaired) electrons. The number of aromatic nitrogens is 2. The van der Waals surface area contributed by atoms with E-state index in [2.05, 4.69) is 15.5 Å². The largest absolute Gasteiger partial charge is 0.344 e. The van der Waals surface area contributed by atoms with Gasteiger partial charge in [-0.05, 0) is 5.92 Å². The lowest BCUT2D eigenvalue weighted by atomic mass is 10.0. The molecule has 1 N–H and O–H groups in total. The standard InChI is InChI=1S/C12H18N4O3/c1-7(2)11-12(18)16(5-4-10(17)14-11)6-9-13-8(3)19-15-9/h7,11H,4-6H2,1-3H3,(H,14,17). The van der Waals surface area contributed by atoms with Crippen LogP contribution in [0.15, 0.2) is 4.52 Å². The van der Waals surface area contributed by atoms with E-state index in [9.17, 15) is 9.59 Å². The summed E-state index contributed by atoms with van der Waals surface area (Å²) in [7, 11) is 0. The summed E-state index contributed by atoms with van der Waals surface area (Å²) in [6.45, 7) is 6.16. The summed E-state index contributed by atoms with van der Waals surface area (Å²) in [5.74, 6) is 0.779. The van der Waals surface area contributed by atoms with Crippen molar-refractivity contribution in [3.8, 4) is 0 Å².